The van der Waals surface area contributed by atoms with E-state index >= 15 is 0 Å². The Morgan fingerprint density at radius 1 is 0.944 bits per heavy atom. The molecular formula is C13H16O5. The van der Waals surface area contributed by atoms with Gasteiger partial charge in [0.25, 0.3) is 0 Å². The van der Waals surface area contributed by atoms with Crippen molar-refractivity contribution in [1.29, 1.82) is 0 Å². The second-order valence-corrected chi connectivity index (χ2v) is 3.28. The van der Waals surface area contributed by atoms with Gasteiger partial charge in [0.05, 0.1) is 34.0 Å². The molecule has 0 aliphatic rings. The zero-order chi connectivity index (χ0) is 13.5. The van der Waals surface area contributed by atoms with Crippen LogP contribution in [0.15, 0.2) is 18.2 Å². The highest BCUT2D eigenvalue weighted by Crippen LogP contribution is 2.37. The minimum Gasteiger partial charge on any atom is -0.496 e. The number of hydrogen-bond acceptors (Lipinski definition) is 5. The highest BCUT2D eigenvalue weighted by molar-refractivity contribution is 5.81. The third-order valence-corrected chi connectivity index (χ3v) is 2.41. The van der Waals surface area contributed by atoms with Gasteiger partial charge in [-0.1, -0.05) is 0 Å². The number of rotatable bonds is 6. The lowest BCUT2D eigenvalue weighted by atomic mass is 10.1. The van der Waals surface area contributed by atoms with Crippen molar-refractivity contribution in [2.75, 3.05) is 28.4 Å². The first-order valence-corrected chi connectivity index (χ1v) is 5.21. The molecule has 1 rings (SSSR count). The van der Waals surface area contributed by atoms with Crippen molar-refractivity contribution in [3.05, 3.63) is 23.8 Å². The molecule has 0 N–H and O–H groups in total. The topological polar surface area (TPSA) is 54.0 Å². The summed E-state index contributed by atoms with van der Waals surface area (Å²) in [7, 11) is 6.07. The Bertz CT molecular complexity index is 451. The number of methoxy groups -OCH3 is 4. The van der Waals surface area contributed by atoms with Crippen molar-refractivity contribution in [3.8, 4) is 17.2 Å². The van der Waals surface area contributed by atoms with Gasteiger partial charge in [-0.05, 0) is 6.07 Å². The molecule has 0 aliphatic carbocycles. The van der Waals surface area contributed by atoms with Crippen molar-refractivity contribution in [2.45, 2.75) is 0 Å². The van der Waals surface area contributed by atoms with Crippen LogP contribution < -0.4 is 14.2 Å². The van der Waals surface area contributed by atoms with E-state index in [0.717, 1.165) is 0 Å². The molecule has 0 amide bonds. The van der Waals surface area contributed by atoms with Crippen molar-refractivity contribution in [2.24, 2.45) is 0 Å². The Kier molecular flexibility index (Phi) is 5.05. The monoisotopic (exact) mass is 252 g/mol. The van der Waals surface area contributed by atoms with Crippen LogP contribution in [0, 0.1) is 0 Å². The van der Waals surface area contributed by atoms with E-state index in [2.05, 4.69) is 0 Å². The molecular weight excluding hydrogens is 236 g/mol. The normalized spacial score (nSPS) is 10.8. The Morgan fingerprint density at radius 2 is 1.50 bits per heavy atom. The second kappa shape index (κ2) is 6.54. The molecule has 18 heavy (non-hydrogen) atoms. The van der Waals surface area contributed by atoms with E-state index in [1.807, 2.05) is 0 Å². The highest BCUT2D eigenvalue weighted by atomic mass is 16.5. The Morgan fingerprint density at radius 3 is 1.94 bits per heavy atom. The lowest BCUT2D eigenvalue weighted by Gasteiger charge is -2.15. The van der Waals surface area contributed by atoms with E-state index in [1.54, 1.807) is 12.1 Å². The summed E-state index contributed by atoms with van der Waals surface area (Å²) in [5.41, 5.74) is 0.616. The number of hydrogen-bond donors (Lipinski definition) is 0. The summed E-state index contributed by atoms with van der Waals surface area (Å²) in [5, 5.41) is 0. The SMILES string of the molecule is CO/C(=C\C=O)c1cc(OC)c(OC)cc1OC. The Balaban J connectivity index is 3.41. The molecule has 0 aromatic heterocycles. The van der Waals surface area contributed by atoms with E-state index in [1.165, 1.54) is 34.5 Å². The first-order chi connectivity index (χ1) is 8.71. The van der Waals surface area contributed by atoms with Crippen LogP contribution in [0.2, 0.25) is 0 Å². The molecule has 0 unspecified atom stereocenters. The molecule has 5 nitrogen and oxygen atoms in total. The average Bonchev–Trinajstić information content (AvgIpc) is 2.43. The zero-order valence-corrected chi connectivity index (χ0v) is 10.9. The summed E-state index contributed by atoms with van der Waals surface area (Å²) in [6.45, 7) is 0. The summed E-state index contributed by atoms with van der Waals surface area (Å²) in [6.07, 6.45) is 1.96. The van der Waals surface area contributed by atoms with Crippen LogP contribution in [0.3, 0.4) is 0 Å². The van der Waals surface area contributed by atoms with Crippen molar-refractivity contribution in [3.63, 3.8) is 0 Å². The molecule has 0 radical (unpaired) electrons. The van der Waals surface area contributed by atoms with Crippen molar-refractivity contribution < 1.29 is 23.7 Å². The summed E-state index contributed by atoms with van der Waals surface area (Å²) < 4.78 is 20.8. The van der Waals surface area contributed by atoms with E-state index in [9.17, 15) is 4.79 Å². The molecule has 0 atom stereocenters. The summed E-state index contributed by atoms with van der Waals surface area (Å²) >= 11 is 0. The predicted octanol–water partition coefficient (Wildman–Crippen LogP) is 1.90. The van der Waals surface area contributed by atoms with Crippen LogP contribution in [0.4, 0.5) is 0 Å². The molecule has 0 saturated heterocycles. The van der Waals surface area contributed by atoms with Gasteiger partial charge in [-0.3, -0.25) is 4.79 Å². The molecule has 1 aromatic rings. The van der Waals surface area contributed by atoms with E-state index < -0.39 is 0 Å². The number of carbonyl (C=O) groups is 1. The van der Waals surface area contributed by atoms with Gasteiger partial charge in [-0.2, -0.15) is 0 Å². The molecule has 0 fully saturated rings. The fourth-order valence-corrected chi connectivity index (χ4v) is 1.55. The lowest BCUT2D eigenvalue weighted by molar-refractivity contribution is -0.104. The van der Waals surface area contributed by atoms with E-state index in [4.69, 9.17) is 18.9 Å². The molecule has 0 heterocycles. The number of allylic oxidation sites excluding steroid dienone is 1. The van der Waals surface area contributed by atoms with Crippen LogP contribution in [0.5, 0.6) is 17.2 Å². The van der Waals surface area contributed by atoms with Gasteiger partial charge in [-0.15, -0.1) is 0 Å². The van der Waals surface area contributed by atoms with Crippen molar-refractivity contribution in [1.82, 2.24) is 0 Å². The highest BCUT2D eigenvalue weighted by Gasteiger charge is 2.15. The molecule has 0 aliphatic heterocycles. The number of carbonyl (C=O) groups excluding carboxylic acids is 1. The van der Waals surface area contributed by atoms with Crippen LogP contribution in [0.25, 0.3) is 5.76 Å². The van der Waals surface area contributed by atoms with Crippen LogP contribution in [-0.4, -0.2) is 34.7 Å². The van der Waals surface area contributed by atoms with Gasteiger partial charge in [0.15, 0.2) is 11.5 Å². The smallest absolute Gasteiger partial charge is 0.164 e. The standard InChI is InChI=1S/C13H16O5/c1-15-10(5-6-14)9-7-12(17-3)13(18-4)8-11(9)16-2/h5-8H,1-4H3/b10-5-. The van der Waals surface area contributed by atoms with Crippen LogP contribution in [-0.2, 0) is 9.53 Å². The molecule has 0 bridgehead atoms. The number of aldehydes is 1. The summed E-state index contributed by atoms with van der Waals surface area (Å²) in [5.74, 6) is 1.99. The second-order valence-electron chi connectivity index (χ2n) is 3.28. The molecule has 0 saturated carbocycles. The van der Waals surface area contributed by atoms with Gasteiger partial charge >= 0.3 is 0 Å². The first-order valence-electron chi connectivity index (χ1n) is 5.21. The molecule has 98 valence electrons. The fraction of sp³-hybridized carbons (Fsp3) is 0.308. The first kappa shape index (κ1) is 13.9. The minimum atomic E-state index is 0.391. The molecule has 0 spiro atoms. The van der Waals surface area contributed by atoms with Gasteiger partial charge in [0.2, 0.25) is 0 Å². The molecule has 5 heteroatoms. The quantitative estimate of drug-likeness (QED) is 0.439. The van der Waals surface area contributed by atoms with Gasteiger partial charge < -0.3 is 18.9 Å². The third kappa shape index (κ3) is 2.74. The Hall–Kier alpha value is -2.17. The number of ether oxygens (including phenoxy) is 4. The predicted molar refractivity (Wildman–Crippen MR) is 67.1 cm³/mol. The maximum atomic E-state index is 10.6. The maximum Gasteiger partial charge on any atom is 0.164 e. The van der Waals surface area contributed by atoms with Gasteiger partial charge in [-0.25, -0.2) is 0 Å². The average molecular weight is 252 g/mol. The van der Waals surface area contributed by atoms with Gasteiger partial charge in [0.1, 0.15) is 17.8 Å². The van der Waals surface area contributed by atoms with Crippen LogP contribution in [0.1, 0.15) is 5.56 Å². The zero-order valence-electron chi connectivity index (χ0n) is 10.9. The summed E-state index contributed by atoms with van der Waals surface area (Å²) in [4.78, 5) is 10.6. The van der Waals surface area contributed by atoms with Crippen molar-refractivity contribution >= 4 is 12.0 Å². The Labute approximate surface area is 106 Å². The largest absolute Gasteiger partial charge is 0.496 e. The summed E-state index contributed by atoms with van der Waals surface area (Å²) in [6, 6.07) is 3.36. The van der Waals surface area contributed by atoms with Crippen LogP contribution >= 0.6 is 0 Å². The lowest BCUT2D eigenvalue weighted by Crippen LogP contribution is -1.98. The fourth-order valence-electron chi connectivity index (χ4n) is 1.55. The maximum absolute atomic E-state index is 10.6. The van der Waals surface area contributed by atoms with Gasteiger partial charge in [0, 0.05) is 12.1 Å². The number of benzene rings is 1. The minimum absolute atomic E-state index is 0.391. The third-order valence-electron chi connectivity index (χ3n) is 2.41. The van der Waals surface area contributed by atoms with E-state index in [-0.39, 0.29) is 0 Å². The molecule has 1 aromatic carbocycles. The van der Waals surface area contributed by atoms with E-state index in [0.29, 0.717) is 34.9 Å².